The molecule has 94 valence electrons. The monoisotopic (exact) mass is 269 g/mol. The van der Waals surface area contributed by atoms with Crippen LogP contribution in [0.25, 0.3) is 0 Å². The minimum Gasteiger partial charge on any atom is -0.455 e. The van der Waals surface area contributed by atoms with Gasteiger partial charge < -0.3 is 9.26 Å². The van der Waals surface area contributed by atoms with Crippen molar-refractivity contribution in [3.8, 4) is 0 Å². The van der Waals surface area contributed by atoms with E-state index in [0.717, 1.165) is 6.07 Å². The van der Waals surface area contributed by atoms with Gasteiger partial charge in [-0.3, -0.25) is 0 Å². The molecule has 0 amide bonds. The maximum atomic E-state index is 13.4. The first-order chi connectivity index (χ1) is 8.56. The Kier molecular flexibility index (Phi) is 3.62. The fourth-order valence-corrected chi connectivity index (χ4v) is 1.52. The lowest BCUT2D eigenvalue weighted by Crippen LogP contribution is -2.07. The van der Waals surface area contributed by atoms with Crippen LogP contribution in [0.4, 0.5) is 4.39 Å². The van der Waals surface area contributed by atoms with E-state index in [1.807, 2.05) is 0 Å². The SMILES string of the molecule is Cc1cc(COC(=O)c2ccc(Cl)cc2F)no1. The number of carbonyl (C=O) groups excluding carboxylic acids is 1. The number of carbonyl (C=O) groups is 1. The number of esters is 1. The van der Waals surface area contributed by atoms with E-state index in [0.29, 0.717) is 11.5 Å². The fourth-order valence-electron chi connectivity index (χ4n) is 1.36. The van der Waals surface area contributed by atoms with Crippen LogP contribution in [0.1, 0.15) is 21.8 Å². The van der Waals surface area contributed by atoms with E-state index in [-0.39, 0.29) is 17.2 Å². The van der Waals surface area contributed by atoms with Gasteiger partial charge in [-0.25, -0.2) is 9.18 Å². The Hall–Kier alpha value is -1.88. The highest BCUT2D eigenvalue weighted by Crippen LogP contribution is 2.16. The van der Waals surface area contributed by atoms with Gasteiger partial charge in [0.05, 0.1) is 5.56 Å². The van der Waals surface area contributed by atoms with Crippen molar-refractivity contribution in [1.82, 2.24) is 5.16 Å². The Bertz CT molecular complexity index is 582. The summed E-state index contributed by atoms with van der Waals surface area (Å²) in [5, 5.41) is 3.87. The molecule has 2 aromatic rings. The van der Waals surface area contributed by atoms with Gasteiger partial charge in [0.2, 0.25) is 0 Å². The molecule has 0 saturated heterocycles. The average molecular weight is 270 g/mol. The van der Waals surface area contributed by atoms with Gasteiger partial charge in [0, 0.05) is 11.1 Å². The van der Waals surface area contributed by atoms with Crippen LogP contribution in [0.5, 0.6) is 0 Å². The number of rotatable bonds is 3. The number of ether oxygens (including phenoxy) is 1. The van der Waals surface area contributed by atoms with Crippen molar-refractivity contribution in [3.05, 3.63) is 52.1 Å². The summed E-state index contributed by atoms with van der Waals surface area (Å²) in [6, 6.07) is 5.37. The Labute approximate surface area is 107 Å². The Balaban J connectivity index is 2.03. The molecule has 18 heavy (non-hydrogen) atoms. The average Bonchev–Trinajstić information content (AvgIpc) is 2.72. The van der Waals surface area contributed by atoms with Crippen molar-refractivity contribution >= 4 is 17.6 Å². The minimum atomic E-state index is -0.773. The highest BCUT2D eigenvalue weighted by Gasteiger charge is 2.14. The zero-order valence-corrected chi connectivity index (χ0v) is 10.2. The van der Waals surface area contributed by atoms with E-state index >= 15 is 0 Å². The van der Waals surface area contributed by atoms with E-state index in [1.165, 1.54) is 12.1 Å². The lowest BCUT2D eigenvalue weighted by molar-refractivity contribution is 0.0459. The molecule has 2 rings (SSSR count). The molecule has 1 aromatic heterocycles. The zero-order valence-electron chi connectivity index (χ0n) is 9.44. The summed E-state index contributed by atoms with van der Waals surface area (Å²) in [5.74, 6) is -0.882. The maximum absolute atomic E-state index is 13.4. The third-order valence-corrected chi connectivity index (χ3v) is 2.41. The first-order valence-electron chi connectivity index (χ1n) is 5.10. The third-order valence-electron chi connectivity index (χ3n) is 2.18. The van der Waals surface area contributed by atoms with Gasteiger partial charge in [0.15, 0.2) is 0 Å². The van der Waals surface area contributed by atoms with E-state index in [9.17, 15) is 9.18 Å². The quantitative estimate of drug-likeness (QED) is 0.803. The topological polar surface area (TPSA) is 52.3 Å². The van der Waals surface area contributed by atoms with Gasteiger partial charge in [-0.2, -0.15) is 0 Å². The molecule has 4 nitrogen and oxygen atoms in total. The fraction of sp³-hybridized carbons (Fsp3) is 0.167. The highest BCUT2D eigenvalue weighted by molar-refractivity contribution is 6.30. The Morgan fingerprint density at radius 3 is 2.89 bits per heavy atom. The van der Waals surface area contributed by atoms with Crippen LogP contribution in [0.2, 0.25) is 5.02 Å². The number of hydrogen-bond donors (Lipinski definition) is 0. The molecule has 6 heteroatoms. The molecular weight excluding hydrogens is 261 g/mol. The van der Waals surface area contributed by atoms with Gasteiger partial charge in [-0.1, -0.05) is 16.8 Å². The zero-order chi connectivity index (χ0) is 13.1. The predicted octanol–water partition coefficient (Wildman–Crippen LogP) is 3.13. The summed E-state index contributed by atoms with van der Waals surface area (Å²) in [6.07, 6.45) is 0. The normalized spacial score (nSPS) is 10.4. The molecular formula is C12H9ClFNO3. The molecule has 0 fully saturated rings. The van der Waals surface area contributed by atoms with Crippen LogP contribution in [0.3, 0.4) is 0 Å². The van der Waals surface area contributed by atoms with Gasteiger partial charge >= 0.3 is 5.97 Å². The molecule has 0 aliphatic rings. The van der Waals surface area contributed by atoms with Crippen molar-refractivity contribution in [2.24, 2.45) is 0 Å². The predicted molar refractivity (Wildman–Crippen MR) is 61.8 cm³/mol. The lowest BCUT2D eigenvalue weighted by Gasteiger charge is -2.03. The summed E-state index contributed by atoms with van der Waals surface area (Å²) in [6.45, 7) is 1.65. The number of nitrogens with zero attached hydrogens (tertiary/aromatic N) is 1. The first kappa shape index (κ1) is 12.6. The van der Waals surface area contributed by atoms with E-state index in [2.05, 4.69) is 5.16 Å². The molecule has 0 N–H and O–H groups in total. The summed E-state index contributed by atoms with van der Waals surface area (Å²) < 4.78 is 23.1. The van der Waals surface area contributed by atoms with E-state index < -0.39 is 11.8 Å². The van der Waals surface area contributed by atoms with Gasteiger partial charge in [-0.15, -0.1) is 0 Å². The summed E-state index contributed by atoms with van der Waals surface area (Å²) >= 11 is 5.58. The molecule has 0 aliphatic heterocycles. The standard InChI is InChI=1S/C12H9ClFNO3/c1-7-4-9(15-18-7)6-17-12(16)10-3-2-8(13)5-11(10)14/h2-5H,6H2,1H3. The maximum Gasteiger partial charge on any atom is 0.341 e. The summed E-state index contributed by atoms with van der Waals surface area (Å²) in [7, 11) is 0. The number of aryl methyl sites for hydroxylation is 1. The van der Waals surface area contributed by atoms with Gasteiger partial charge in [0.1, 0.15) is 23.9 Å². The summed E-state index contributed by atoms with van der Waals surface area (Å²) in [4.78, 5) is 11.6. The second-order valence-electron chi connectivity index (χ2n) is 3.63. The molecule has 0 spiro atoms. The van der Waals surface area contributed by atoms with E-state index in [1.54, 1.807) is 13.0 Å². The second-order valence-corrected chi connectivity index (χ2v) is 4.07. The molecule has 1 heterocycles. The number of aromatic nitrogens is 1. The molecule has 0 radical (unpaired) electrons. The highest BCUT2D eigenvalue weighted by atomic mass is 35.5. The van der Waals surface area contributed by atoms with Crippen LogP contribution in [-0.4, -0.2) is 11.1 Å². The summed E-state index contributed by atoms with van der Waals surface area (Å²) in [5.41, 5.74) is 0.301. The molecule has 0 saturated carbocycles. The van der Waals surface area contributed by atoms with Crippen molar-refractivity contribution in [2.75, 3.05) is 0 Å². The first-order valence-corrected chi connectivity index (χ1v) is 5.48. The van der Waals surface area contributed by atoms with Gasteiger partial charge in [-0.05, 0) is 25.1 Å². The van der Waals surface area contributed by atoms with Crippen molar-refractivity contribution in [3.63, 3.8) is 0 Å². The van der Waals surface area contributed by atoms with E-state index in [4.69, 9.17) is 20.9 Å². The van der Waals surface area contributed by atoms with Crippen molar-refractivity contribution in [1.29, 1.82) is 0 Å². The van der Waals surface area contributed by atoms with Crippen molar-refractivity contribution < 1.29 is 18.4 Å². The third kappa shape index (κ3) is 2.87. The smallest absolute Gasteiger partial charge is 0.341 e. The number of halogens is 2. The molecule has 0 aliphatic carbocycles. The van der Waals surface area contributed by atoms with Gasteiger partial charge in [0.25, 0.3) is 0 Å². The van der Waals surface area contributed by atoms with Crippen LogP contribution in [0, 0.1) is 12.7 Å². The van der Waals surface area contributed by atoms with Crippen LogP contribution < -0.4 is 0 Å². The number of hydrogen-bond acceptors (Lipinski definition) is 4. The second kappa shape index (κ2) is 5.18. The van der Waals surface area contributed by atoms with Crippen molar-refractivity contribution in [2.45, 2.75) is 13.5 Å². The minimum absolute atomic E-state index is 0.0712. The van der Waals surface area contributed by atoms with Crippen LogP contribution in [-0.2, 0) is 11.3 Å². The Morgan fingerprint density at radius 2 is 2.28 bits per heavy atom. The molecule has 1 aromatic carbocycles. The lowest BCUT2D eigenvalue weighted by atomic mass is 10.2. The van der Waals surface area contributed by atoms with Crippen LogP contribution in [0.15, 0.2) is 28.8 Å². The van der Waals surface area contributed by atoms with Crippen LogP contribution >= 0.6 is 11.6 Å². The molecule has 0 bridgehead atoms. The Morgan fingerprint density at radius 1 is 1.50 bits per heavy atom. The number of benzene rings is 1. The molecule has 0 atom stereocenters. The largest absolute Gasteiger partial charge is 0.455 e. The molecule has 0 unspecified atom stereocenters.